The van der Waals surface area contributed by atoms with Crippen LogP contribution in [0.1, 0.15) is 12.8 Å². The SMILES string of the molecule is CN1C[C@@H](NOS(=O)(=O)[O-])CC[C@@H]1C#N. The molecule has 7 nitrogen and oxygen atoms in total. The maximum absolute atomic E-state index is 10.2. The lowest BCUT2D eigenvalue weighted by Gasteiger charge is -2.33. The minimum Gasteiger partial charge on any atom is -0.724 e. The summed E-state index contributed by atoms with van der Waals surface area (Å²) >= 11 is 0. The first-order chi connectivity index (χ1) is 6.92. The normalized spacial score (nSPS) is 28.6. The molecule has 0 amide bonds. The Morgan fingerprint density at radius 3 is 2.73 bits per heavy atom. The van der Waals surface area contributed by atoms with Crippen LogP contribution < -0.4 is 5.48 Å². The highest BCUT2D eigenvalue weighted by atomic mass is 32.3. The van der Waals surface area contributed by atoms with Crippen molar-refractivity contribution in [1.82, 2.24) is 10.4 Å². The van der Waals surface area contributed by atoms with Gasteiger partial charge in [-0.2, -0.15) is 15.0 Å². The van der Waals surface area contributed by atoms with Gasteiger partial charge < -0.3 is 4.55 Å². The summed E-state index contributed by atoms with van der Waals surface area (Å²) in [6, 6.07) is 1.72. The number of nitrogens with zero attached hydrogens (tertiary/aromatic N) is 2. The molecular formula is C7H12N3O4S-. The zero-order valence-electron chi connectivity index (χ0n) is 8.21. The maximum atomic E-state index is 10.2. The second-order valence-corrected chi connectivity index (χ2v) is 4.45. The molecule has 0 unspecified atom stereocenters. The molecule has 1 N–H and O–H groups in total. The molecule has 0 aromatic heterocycles. The Morgan fingerprint density at radius 2 is 2.27 bits per heavy atom. The summed E-state index contributed by atoms with van der Waals surface area (Å²) in [5.74, 6) is 0. The van der Waals surface area contributed by atoms with Crippen molar-refractivity contribution >= 4 is 10.4 Å². The number of likely N-dealkylation sites (tertiary alicyclic amines) is 1. The average molecular weight is 234 g/mol. The van der Waals surface area contributed by atoms with E-state index in [-0.39, 0.29) is 12.1 Å². The fraction of sp³-hybridized carbons (Fsp3) is 0.857. The summed E-state index contributed by atoms with van der Waals surface area (Å²) in [5, 5.41) is 8.72. The summed E-state index contributed by atoms with van der Waals surface area (Å²) in [5.41, 5.74) is 2.19. The van der Waals surface area contributed by atoms with Gasteiger partial charge in [0.2, 0.25) is 10.4 Å². The predicted octanol–water partition coefficient (Wildman–Crippen LogP) is -1.05. The molecule has 1 fully saturated rings. The van der Waals surface area contributed by atoms with E-state index in [4.69, 9.17) is 5.26 Å². The number of nitriles is 1. The number of hydrogen-bond donors (Lipinski definition) is 1. The van der Waals surface area contributed by atoms with E-state index >= 15 is 0 Å². The molecule has 0 bridgehead atoms. The minimum atomic E-state index is -4.70. The lowest BCUT2D eigenvalue weighted by molar-refractivity contribution is 0.0847. The Morgan fingerprint density at radius 1 is 1.60 bits per heavy atom. The lowest BCUT2D eigenvalue weighted by Crippen LogP contribution is -2.48. The molecule has 15 heavy (non-hydrogen) atoms. The maximum Gasteiger partial charge on any atom is 0.234 e. The summed E-state index contributed by atoms with van der Waals surface area (Å²) in [7, 11) is -2.95. The lowest BCUT2D eigenvalue weighted by atomic mass is 10.0. The molecule has 0 aromatic rings. The first-order valence-electron chi connectivity index (χ1n) is 4.42. The molecular weight excluding hydrogens is 222 g/mol. The van der Waals surface area contributed by atoms with Crippen LogP contribution in [0.3, 0.4) is 0 Å². The van der Waals surface area contributed by atoms with E-state index in [2.05, 4.69) is 15.8 Å². The minimum absolute atomic E-state index is 0.160. The van der Waals surface area contributed by atoms with Gasteiger partial charge in [0.05, 0.1) is 12.1 Å². The number of piperidine rings is 1. The highest BCUT2D eigenvalue weighted by Gasteiger charge is 2.25. The number of likely N-dealkylation sites (N-methyl/N-ethyl adjacent to an activating group) is 1. The van der Waals surface area contributed by atoms with Crippen LogP contribution in [-0.4, -0.2) is 43.5 Å². The van der Waals surface area contributed by atoms with Gasteiger partial charge in [-0.1, -0.05) is 0 Å². The summed E-state index contributed by atoms with van der Waals surface area (Å²) in [6.07, 6.45) is 1.21. The Kier molecular flexibility index (Phi) is 4.01. The topological polar surface area (TPSA) is 105 Å². The van der Waals surface area contributed by atoms with Crippen molar-refractivity contribution in [2.24, 2.45) is 0 Å². The van der Waals surface area contributed by atoms with Gasteiger partial charge in [0.25, 0.3) is 0 Å². The molecule has 1 saturated heterocycles. The average Bonchev–Trinajstić information content (AvgIpc) is 2.14. The second kappa shape index (κ2) is 4.87. The molecule has 8 heteroatoms. The molecule has 0 radical (unpaired) electrons. The Hall–Kier alpha value is -0.720. The van der Waals surface area contributed by atoms with E-state index in [0.717, 1.165) is 0 Å². The Balaban J connectivity index is 2.39. The van der Waals surface area contributed by atoms with Gasteiger partial charge in [-0.05, 0) is 19.9 Å². The van der Waals surface area contributed by atoms with E-state index < -0.39 is 10.4 Å². The van der Waals surface area contributed by atoms with E-state index in [1.54, 1.807) is 11.9 Å². The molecule has 1 aliphatic rings. The van der Waals surface area contributed by atoms with Crippen molar-refractivity contribution in [3.63, 3.8) is 0 Å². The van der Waals surface area contributed by atoms with E-state index in [9.17, 15) is 13.0 Å². The van der Waals surface area contributed by atoms with Crippen molar-refractivity contribution in [3.8, 4) is 6.07 Å². The third-order valence-corrected chi connectivity index (χ3v) is 2.60. The quantitative estimate of drug-likeness (QED) is 0.377. The zero-order valence-corrected chi connectivity index (χ0v) is 9.03. The van der Waals surface area contributed by atoms with Gasteiger partial charge in [0, 0.05) is 12.6 Å². The Labute approximate surface area is 88.5 Å². The molecule has 0 spiro atoms. The molecule has 2 atom stereocenters. The largest absolute Gasteiger partial charge is 0.724 e. The molecule has 0 saturated carbocycles. The van der Waals surface area contributed by atoms with E-state index in [0.29, 0.717) is 19.4 Å². The van der Waals surface area contributed by atoms with Crippen LogP contribution in [0.5, 0.6) is 0 Å². The van der Waals surface area contributed by atoms with Gasteiger partial charge in [-0.3, -0.25) is 4.90 Å². The molecule has 86 valence electrons. The van der Waals surface area contributed by atoms with Crippen molar-refractivity contribution in [2.45, 2.75) is 24.9 Å². The monoisotopic (exact) mass is 234 g/mol. The van der Waals surface area contributed by atoms with E-state index in [1.807, 2.05) is 0 Å². The number of rotatable bonds is 3. The van der Waals surface area contributed by atoms with Crippen LogP contribution >= 0.6 is 0 Å². The smallest absolute Gasteiger partial charge is 0.234 e. The summed E-state index contributed by atoms with van der Waals surface area (Å²) in [4.78, 5) is 1.78. The molecule has 0 aliphatic carbocycles. The van der Waals surface area contributed by atoms with Crippen LogP contribution in [0.2, 0.25) is 0 Å². The first-order valence-corrected chi connectivity index (χ1v) is 5.75. The summed E-state index contributed by atoms with van der Waals surface area (Å²) < 4.78 is 34.5. The summed E-state index contributed by atoms with van der Waals surface area (Å²) in [6.45, 7) is 0.466. The molecule has 1 heterocycles. The third kappa shape index (κ3) is 4.11. The standard InChI is InChI=1S/C7H13N3O4S/c1-10-5-6(2-3-7(10)4-8)9-14-15(11,12)13/h6-7,9H,2-3,5H2,1H3,(H,11,12,13)/p-1/t6-,7+/m0/s1. The zero-order chi connectivity index (χ0) is 11.5. The fourth-order valence-electron chi connectivity index (χ4n) is 1.53. The van der Waals surface area contributed by atoms with Gasteiger partial charge in [-0.25, -0.2) is 8.42 Å². The van der Waals surface area contributed by atoms with Crippen molar-refractivity contribution in [1.29, 1.82) is 5.26 Å². The molecule has 0 aromatic carbocycles. The van der Waals surface area contributed by atoms with Gasteiger partial charge in [0.15, 0.2) is 0 Å². The first kappa shape index (κ1) is 12.4. The van der Waals surface area contributed by atoms with Crippen molar-refractivity contribution in [2.75, 3.05) is 13.6 Å². The van der Waals surface area contributed by atoms with Gasteiger partial charge >= 0.3 is 0 Å². The number of hydroxylamine groups is 1. The number of hydrogen-bond acceptors (Lipinski definition) is 7. The number of nitrogens with one attached hydrogen (secondary N) is 1. The van der Waals surface area contributed by atoms with Crippen LogP contribution in [0.15, 0.2) is 0 Å². The highest BCUT2D eigenvalue weighted by molar-refractivity contribution is 7.80. The molecule has 1 rings (SSSR count). The Bertz CT molecular complexity index is 350. The van der Waals surface area contributed by atoms with Crippen molar-refractivity contribution in [3.05, 3.63) is 0 Å². The third-order valence-electron chi connectivity index (χ3n) is 2.29. The van der Waals surface area contributed by atoms with Gasteiger partial charge in [-0.15, -0.1) is 0 Å². The highest BCUT2D eigenvalue weighted by Crippen LogP contribution is 2.14. The van der Waals surface area contributed by atoms with Crippen LogP contribution in [-0.2, 0) is 14.7 Å². The van der Waals surface area contributed by atoms with Crippen LogP contribution in [0.25, 0.3) is 0 Å². The fourth-order valence-corrected chi connectivity index (χ4v) is 1.79. The van der Waals surface area contributed by atoms with Crippen molar-refractivity contribution < 1.29 is 17.3 Å². The van der Waals surface area contributed by atoms with Gasteiger partial charge in [0.1, 0.15) is 0 Å². The van der Waals surface area contributed by atoms with E-state index in [1.165, 1.54) is 0 Å². The second-order valence-electron chi connectivity index (χ2n) is 3.47. The van der Waals surface area contributed by atoms with Crippen LogP contribution in [0, 0.1) is 11.3 Å². The van der Waals surface area contributed by atoms with Crippen LogP contribution in [0.4, 0.5) is 0 Å². The molecule has 1 aliphatic heterocycles. The predicted molar refractivity (Wildman–Crippen MR) is 49.0 cm³/mol.